The molecule has 108 valence electrons. The number of benzene rings is 1. The monoisotopic (exact) mass is 283 g/mol. The van der Waals surface area contributed by atoms with E-state index in [-0.39, 0.29) is 5.69 Å². The second-order valence-electron chi connectivity index (χ2n) is 4.65. The van der Waals surface area contributed by atoms with Gasteiger partial charge in [0.1, 0.15) is 0 Å². The standard InChI is InChI=1S/C14H16F3N3/c1-2-3-6-20-9-11(8-19-20)10-4-5-12(13(18)7-10)14(15,16)17/h4-5,7-9H,2-3,6,18H2,1H3. The summed E-state index contributed by atoms with van der Waals surface area (Å²) < 4.78 is 39.7. The maximum absolute atomic E-state index is 12.6. The molecular weight excluding hydrogens is 267 g/mol. The van der Waals surface area contributed by atoms with Crippen LogP contribution < -0.4 is 5.73 Å². The Bertz CT molecular complexity index is 588. The fraction of sp³-hybridized carbons (Fsp3) is 0.357. The van der Waals surface area contributed by atoms with E-state index >= 15 is 0 Å². The molecule has 0 spiro atoms. The van der Waals surface area contributed by atoms with Crippen molar-refractivity contribution in [3.05, 3.63) is 36.2 Å². The second-order valence-corrected chi connectivity index (χ2v) is 4.65. The van der Waals surface area contributed by atoms with Crippen molar-refractivity contribution in [2.24, 2.45) is 0 Å². The van der Waals surface area contributed by atoms with E-state index in [1.54, 1.807) is 10.9 Å². The first-order valence-electron chi connectivity index (χ1n) is 6.41. The molecule has 0 fully saturated rings. The number of unbranched alkanes of at least 4 members (excludes halogenated alkanes) is 1. The van der Waals surface area contributed by atoms with Crippen LogP contribution in [-0.2, 0) is 12.7 Å². The quantitative estimate of drug-likeness (QED) is 0.863. The normalized spacial score (nSPS) is 11.8. The molecular formula is C14H16F3N3. The summed E-state index contributed by atoms with van der Waals surface area (Å²) in [6.07, 6.45) is 1.10. The lowest BCUT2D eigenvalue weighted by molar-refractivity contribution is -0.136. The molecule has 0 saturated carbocycles. The second kappa shape index (κ2) is 5.56. The molecule has 1 heterocycles. The van der Waals surface area contributed by atoms with Crippen molar-refractivity contribution in [1.29, 1.82) is 0 Å². The average molecular weight is 283 g/mol. The zero-order chi connectivity index (χ0) is 14.8. The highest BCUT2D eigenvalue weighted by Gasteiger charge is 2.32. The number of aromatic nitrogens is 2. The van der Waals surface area contributed by atoms with Gasteiger partial charge in [0, 0.05) is 24.0 Å². The topological polar surface area (TPSA) is 43.8 Å². The summed E-state index contributed by atoms with van der Waals surface area (Å²) in [5, 5.41) is 4.18. The van der Waals surface area contributed by atoms with E-state index in [4.69, 9.17) is 5.73 Å². The molecule has 2 aromatic rings. The molecule has 20 heavy (non-hydrogen) atoms. The molecule has 0 aliphatic heterocycles. The predicted molar refractivity (Wildman–Crippen MR) is 72.0 cm³/mol. The number of nitrogens with two attached hydrogens (primary N) is 1. The molecule has 0 unspecified atom stereocenters. The van der Waals surface area contributed by atoms with Crippen molar-refractivity contribution in [3.8, 4) is 11.1 Å². The van der Waals surface area contributed by atoms with E-state index in [9.17, 15) is 13.2 Å². The van der Waals surface area contributed by atoms with Gasteiger partial charge >= 0.3 is 6.18 Å². The molecule has 1 aromatic carbocycles. The minimum absolute atomic E-state index is 0.267. The summed E-state index contributed by atoms with van der Waals surface area (Å²) in [5.74, 6) is 0. The molecule has 0 aliphatic carbocycles. The van der Waals surface area contributed by atoms with Crippen molar-refractivity contribution in [1.82, 2.24) is 9.78 Å². The predicted octanol–water partition coefficient (Wildman–Crippen LogP) is 3.95. The number of alkyl halides is 3. The number of nitrogens with zero attached hydrogens (tertiary/aromatic N) is 2. The molecule has 0 saturated heterocycles. The van der Waals surface area contributed by atoms with Crippen molar-refractivity contribution >= 4 is 5.69 Å². The van der Waals surface area contributed by atoms with Crippen LogP contribution in [0.1, 0.15) is 25.3 Å². The zero-order valence-electron chi connectivity index (χ0n) is 11.1. The Morgan fingerprint density at radius 1 is 1.25 bits per heavy atom. The third-order valence-electron chi connectivity index (χ3n) is 3.06. The van der Waals surface area contributed by atoms with Gasteiger partial charge in [-0.2, -0.15) is 18.3 Å². The SMILES string of the molecule is CCCCn1cc(-c2ccc(C(F)(F)F)c(N)c2)cn1. The summed E-state index contributed by atoms with van der Waals surface area (Å²) in [6, 6.07) is 3.76. The van der Waals surface area contributed by atoms with Crippen LogP contribution in [0.4, 0.5) is 18.9 Å². The van der Waals surface area contributed by atoms with Gasteiger partial charge in [0.2, 0.25) is 0 Å². The Kier molecular flexibility index (Phi) is 4.01. The summed E-state index contributed by atoms with van der Waals surface area (Å²) >= 11 is 0. The molecule has 2 N–H and O–H groups in total. The van der Waals surface area contributed by atoms with Gasteiger partial charge in [-0.3, -0.25) is 4.68 Å². The number of nitrogen functional groups attached to an aromatic ring is 1. The van der Waals surface area contributed by atoms with Crippen LogP contribution in [0.2, 0.25) is 0 Å². The van der Waals surface area contributed by atoms with Crippen molar-refractivity contribution in [2.45, 2.75) is 32.5 Å². The third-order valence-corrected chi connectivity index (χ3v) is 3.06. The summed E-state index contributed by atoms with van der Waals surface area (Å²) in [7, 11) is 0. The van der Waals surface area contributed by atoms with Crippen LogP contribution in [0, 0.1) is 0 Å². The van der Waals surface area contributed by atoms with Crippen LogP contribution in [0.15, 0.2) is 30.6 Å². The lowest BCUT2D eigenvalue weighted by atomic mass is 10.1. The third kappa shape index (κ3) is 3.12. The van der Waals surface area contributed by atoms with Crippen LogP contribution >= 0.6 is 0 Å². The minimum Gasteiger partial charge on any atom is -0.398 e. The Labute approximate surface area is 115 Å². The molecule has 2 rings (SSSR count). The first-order valence-corrected chi connectivity index (χ1v) is 6.41. The number of aryl methyl sites for hydroxylation is 1. The molecule has 1 aromatic heterocycles. The number of hydrogen-bond donors (Lipinski definition) is 1. The van der Waals surface area contributed by atoms with E-state index < -0.39 is 11.7 Å². The van der Waals surface area contributed by atoms with Crippen LogP contribution in [0.3, 0.4) is 0 Å². The van der Waals surface area contributed by atoms with E-state index in [0.29, 0.717) is 5.56 Å². The van der Waals surface area contributed by atoms with Gasteiger partial charge in [-0.25, -0.2) is 0 Å². The lowest BCUT2D eigenvalue weighted by Gasteiger charge is -2.10. The van der Waals surface area contributed by atoms with Gasteiger partial charge in [-0.05, 0) is 24.1 Å². The van der Waals surface area contributed by atoms with E-state index in [1.165, 1.54) is 12.1 Å². The van der Waals surface area contributed by atoms with Crippen molar-refractivity contribution < 1.29 is 13.2 Å². The molecule has 0 aliphatic rings. The van der Waals surface area contributed by atoms with Crippen LogP contribution in [0.25, 0.3) is 11.1 Å². The molecule has 0 radical (unpaired) electrons. The fourth-order valence-electron chi connectivity index (χ4n) is 1.96. The summed E-state index contributed by atoms with van der Waals surface area (Å²) in [6.45, 7) is 2.88. The Morgan fingerprint density at radius 3 is 2.60 bits per heavy atom. The fourth-order valence-corrected chi connectivity index (χ4v) is 1.96. The molecule has 0 atom stereocenters. The van der Waals surface area contributed by atoms with Crippen LogP contribution in [0.5, 0.6) is 0 Å². The zero-order valence-corrected chi connectivity index (χ0v) is 11.1. The van der Waals surface area contributed by atoms with Gasteiger partial charge in [0.05, 0.1) is 11.8 Å². The lowest BCUT2D eigenvalue weighted by Crippen LogP contribution is -2.08. The number of anilines is 1. The van der Waals surface area contributed by atoms with E-state index in [1.807, 2.05) is 6.20 Å². The highest BCUT2D eigenvalue weighted by molar-refractivity contribution is 5.68. The van der Waals surface area contributed by atoms with Crippen molar-refractivity contribution in [3.63, 3.8) is 0 Å². The Balaban J connectivity index is 2.25. The van der Waals surface area contributed by atoms with Gasteiger partial charge in [0.15, 0.2) is 0 Å². The summed E-state index contributed by atoms with van der Waals surface area (Å²) in [5.41, 5.74) is 5.81. The highest BCUT2D eigenvalue weighted by atomic mass is 19.4. The van der Waals surface area contributed by atoms with E-state index in [0.717, 1.165) is 31.0 Å². The smallest absolute Gasteiger partial charge is 0.398 e. The molecule has 3 nitrogen and oxygen atoms in total. The number of hydrogen-bond acceptors (Lipinski definition) is 2. The van der Waals surface area contributed by atoms with Gasteiger partial charge < -0.3 is 5.73 Å². The van der Waals surface area contributed by atoms with Gasteiger partial charge in [-0.1, -0.05) is 19.4 Å². The van der Waals surface area contributed by atoms with E-state index in [2.05, 4.69) is 12.0 Å². The first-order chi connectivity index (χ1) is 9.41. The summed E-state index contributed by atoms with van der Waals surface area (Å²) in [4.78, 5) is 0. The Morgan fingerprint density at radius 2 is 2.00 bits per heavy atom. The van der Waals surface area contributed by atoms with Gasteiger partial charge in [0.25, 0.3) is 0 Å². The number of rotatable bonds is 4. The molecule has 0 bridgehead atoms. The minimum atomic E-state index is -4.42. The maximum atomic E-state index is 12.6. The largest absolute Gasteiger partial charge is 0.418 e. The maximum Gasteiger partial charge on any atom is 0.418 e. The van der Waals surface area contributed by atoms with Crippen LogP contribution in [-0.4, -0.2) is 9.78 Å². The van der Waals surface area contributed by atoms with Crippen molar-refractivity contribution in [2.75, 3.05) is 5.73 Å². The average Bonchev–Trinajstić information content (AvgIpc) is 2.83. The van der Waals surface area contributed by atoms with Gasteiger partial charge in [-0.15, -0.1) is 0 Å². The first kappa shape index (κ1) is 14.4. The Hall–Kier alpha value is -1.98. The highest BCUT2D eigenvalue weighted by Crippen LogP contribution is 2.35. The number of halogens is 3. The molecule has 0 amide bonds. The molecule has 6 heteroatoms.